The minimum Gasteiger partial charge on any atom is -0.330 e. The molecule has 148 valence electrons. The number of aromatic nitrogens is 2. The van der Waals surface area contributed by atoms with Gasteiger partial charge in [0.1, 0.15) is 11.7 Å². The van der Waals surface area contributed by atoms with Gasteiger partial charge >= 0.3 is 0 Å². The van der Waals surface area contributed by atoms with Crippen LogP contribution in [-0.2, 0) is 23.2 Å². The average Bonchev–Trinajstić information content (AvgIpc) is 3.25. The van der Waals surface area contributed by atoms with E-state index in [1.54, 1.807) is 19.2 Å². The zero-order valence-electron chi connectivity index (χ0n) is 15.5. The first-order valence-electron chi connectivity index (χ1n) is 8.95. The number of imide groups is 2. The average molecular weight is 395 g/mol. The normalized spacial score (nSPS) is 18.4. The Balaban J connectivity index is 1.58. The lowest BCUT2D eigenvalue weighted by Crippen LogP contribution is -2.52. The van der Waals surface area contributed by atoms with E-state index in [1.165, 1.54) is 28.1 Å². The molecule has 1 aromatic heterocycles. The fourth-order valence-corrected chi connectivity index (χ4v) is 3.61. The molecule has 5 amide bonds. The maximum Gasteiger partial charge on any atom is 0.276 e. The second kappa shape index (κ2) is 6.97. The Hall–Kier alpha value is -3.82. The number of carbonyl (C=O) groups is 5. The number of fused-ring (bicyclic) bond motifs is 1. The summed E-state index contributed by atoms with van der Waals surface area (Å²) in [5, 5.41) is 4.50. The molecule has 2 aliphatic heterocycles. The summed E-state index contributed by atoms with van der Waals surface area (Å²) in [7, 11) is 1.62. The van der Waals surface area contributed by atoms with E-state index < -0.39 is 29.7 Å². The molecule has 4 rings (SSSR count). The van der Waals surface area contributed by atoms with E-state index in [9.17, 15) is 24.0 Å². The SMILES string of the molecule is Cn1cncc1C(=O)NC(=O)c1cccc2c1C(=O)N(C1CCC(=O)NC1=O)C2. The molecule has 0 bridgehead atoms. The third-order valence-corrected chi connectivity index (χ3v) is 5.07. The summed E-state index contributed by atoms with van der Waals surface area (Å²) in [6, 6.07) is 3.98. The zero-order valence-corrected chi connectivity index (χ0v) is 15.5. The van der Waals surface area contributed by atoms with Gasteiger partial charge < -0.3 is 9.47 Å². The minimum absolute atomic E-state index is 0.0535. The largest absolute Gasteiger partial charge is 0.330 e. The van der Waals surface area contributed by atoms with Gasteiger partial charge in [-0.3, -0.25) is 34.6 Å². The first kappa shape index (κ1) is 18.5. The summed E-state index contributed by atoms with van der Waals surface area (Å²) in [6.07, 6.45) is 3.13. The molecular formula is C19H17N5O5. The van der Waals surface area contributed by atoms with E-state index in [1.807, 2.05) is 0 Å². The number of amides is 5. The number of hydrogen-bond donors (Lipinski definition) is 2. The molecule has 2 aromatic rings. The van der Waals surface area contributed by atoms with Crippen LogP contribution in [-0.4, -0.2) is 50.0 Å². The number of imidazole rings is 1. The van der Waals surface area contributed by atoms with Crippen LogP contribution in [0.1, 0.15) is 49.6 Å². The van der Waals surface area contributed by atoms with E-state index >= 15 is 0 Å². The van der Waals surface area contributed by atoms with Crippen LogP contribution in [0.5, 0.6) is 0 Å². The number of hydrogen-bond acceptors (Lipinski definition) is 6. The highest BCUT2D eigenvalue weighted by Gasteiger charge is 2.40. The molecule has 1 unspecified atom stereocenters. The third-order valence-electron chi connectivity index (χ3n) is 5.07. The Labute approximate surface area is 164 Å². The van der Waals surface area contributed by atoms with Gasteiger partial charge in [-0.05, 0) is 18.1 Å². The molecule has 10 heteroatoms. The molecule has 3 heterocycles. The van der Waals surface area contributed by atoms with E-state index in [2.05, 4.69) is 15.6 Å². The van der Waals surface area contributed by atoms with E-state index in [-0.39, 0.29) is 42.1 Å². The van der Waals surface area contributed by atoms with Gasteiger partial charge in [-0.2, -0.15) is 0 Å². The second-order valence-electron chi connectivity index (χ2n) is 6.91. The topological polar surface area (TPSA) is 130 Å². The molecule has 2 aliphatic rings. The quantitative estimate of drug-likeness (QED) is 0.690. The molecule has 1 fully saturated rings. The molecule has 0 radical (unpaired) electrons. The minimum atomic E-state index is -0.778. The van der Waals surface area contributed by atoms with E-state index in [0.29, 0.717) is 5.56 Å². The van der Waals surface area contributed by atoms with Gasteiger partial charge in [0.15, 0.2) is 0 Å². The van der Waals surface area contributed by atoms with Crippen LogP contribution in [0, 0.1) is 0 Å². The Morgan fingerprint density at radius 3 is 2.69 bits per heavy atom. The number of nitrogens with one attached hydrogen (secondary N) is 2. The van der Waals surface area contributed by atoms with Crippen molar-refractivity contribution >= 4 is 29.5 Å². The van der Waals surface area contributed by atoms with Crippen molar-refractivity contribution in [3.05, 3.63) is 53.1 Å². The standard InChI is InChI=1S/C19H17N5O5/c1-23-9-20-7-13(23)18(28)22-16(26)11-4-2-3-10-8-24(19(29)15(10)11)12-5-6-14(25)21-17(12)27/h2-4,7,9,12H,5-6,8H2,1H3,(H,21,25,27)(H,22,26,28). The lowest BCUT2D eigenvalue weighted by Gasteiger charge is -2.29. The van der Waals surface area contributed by atoms with Crippen molar-refractivity contribution in [2.75, 3.05) is 0 Å². The maximum absolute atomic E-state index is 13.0. The summed E-state index contributed by atoms with van der Waals surface area (Å²) in [5.74, 6) is -2.73. The van der Waals surface area contributed by atoms with Crippen molar-refractivity contribution in [2.45, 2.75) is 25.4 Å². The highest BCUT2D eigenvalue weighted by atomic mass is 16.2. The van der Waals surface area contributed by atoms with Crippen molar-refractivity contribution in [1.29, 1.82) is 0 Å². The van der Waals surface area contributed by atoms with Crippen molar-refractivity contribution in [1.82, 2.24) is 25.1 Å². The van der Waals surface area contributed by atoms with E-state index in [4.69, 9.17) is 0 Å². The highest BCUT2D eigenvalue weighted by molar-refractivity contribution is 6.16. The van der Waals surface area contributed by atoms with Crippen LogP contribution in [0.4, 0.5) is 0 Å². The first-order chi connectivity index (χ1) is 13.9. The number of rotatable bonds is 3. The Kier molecular flexibility index (Phi) is 4.45. The lowest BCUT2D eigenvalue weighted by molar-refractivity contribution is -0.136. The fourth-order valence-electron chi connectivity index (χ4n) is 3.61. The number of nitrogens with zero attached hydrogens (tertiary/aromatic N) is 3. The van der Waals surface area contributed by atoms with E-state index in [0.717, 1.165) is 0 Å². The molecule has 2 N–H and O–H groups in total. The monoisotopic (exact) mass is 395 g/mol. The molecule has 1 saturated heterocycles. The summed E-state index contributed by atoms with van der Waals surface area (Å²) < 4.78 is 1.47. The van der Waals surface area contributed by atoms with Crippen LogP contribution >= 0.6 is 0 Å². The van der Waals surface area contributed by atoms with Gasteiger partial charge in [-0.1, -0.05) is 12.1 Å². The Morgan fingerprint density at radius 1 is 1.21 bits per heavy atom. The summed E-state index contributed by atoms with van der Waals surface area (Å²) in [5.41, 5.74) is 0.994. The molecule has 29 heavy (non-hydrogen) atoms. The predicted molar refractivity (Wildman–Crippen MR) is 97.5 cm³/mol. The maximum atomic E-state index is 13.0. The first-order valence-corrected chi connectivity index (χ1v) is 8.95. The number of aryl methyl sites for hydroxylation is 1. The smallest absolute Gasteiger partial charge is 0.276 e. The predicted octanol–water partition coefficient (Wildman–Crippen LogP) is -0.249. The third kappa shape index (κ3) is 3.18. The van der Waals surface area contributed by atoms with Crippen LogP contribution in [0.3, 0.4) is 0 Å². The van der Waals surface area contributed by atoms with Crippen molar-refractivity contribution in [3.8, 4) is 0 Å². The van der Waals surface area contributed by atoms with Crippen molar-refractivity contribution in [3.63, 3.8) is 0 Å². The molecule has 0 aliphatic carbocycles. The number of piperidine rings is 1. The molecule has 1 aromatic carbocycles. The van der Waals surface area contributed by atoms with Gasteiger partial charge in [0.2, 0.25) is 11.8 Å². The Morgan fingerprint density at radius 2 is 2.00 bits per heavy atom. The van der Waals surface area contributed by atoms with Gasteiger partial charge in [0, 0.05) is 20.0 Å². The van der Waals surface area contributed by atoms with Gasteiger partial charge in [-0.15, -0.1) is 0 Å². The molecule has 10 nitrogen and oxygen atoms in total. The molecule has 0 saturated carbocycles. The highest BCUT2D eigenvalue weighted by Crippen LogP contribution is 2.29. The lowest BCUT2D eigenvalue weighted by atomic mass is 10.0. The van der Waals surface area contributed by atoms with Crippen LogP contribution in [0.2, 0.25) is 0 Å². The molecule has 1 atom stereocenters. The summed E-state index contributed by atoms with van der Waals surface area (Å²) >= 11 is 0. The zero-order chi connectivity index (χ0) is 20.7. The Bertz CT molecular complexity index is 1070. The molecular weight excluding hydrogens is 378 g/mol. The summed E-state index contributed by atoms with van der Waals surface area (Å²) in [4.78, 5) is 66.7. The fraction of sp³-hybridized carbons (Fsp3) is 0.263. The molecule has 0 spiro atoms. The van der Waals surface area contributed by atoms with Crippen molar-refractivity contribution in [2.24, 2.45) is 7.05 Å². The number of carbonyl (C=O) groups excluding carboxylic acids is 5. The van der Waals surface area contributed by atoms with Gasteiger partial charge in [0.05, 0.1) is 23.7 Å². The summed E-state index contributed by atoms with van der Waals surface area (Å²) in [6.45, 7) is 0.150. The van der Waals surface area contributed by atoms with Crippen molar-refractivity contribution < 1.29 is 24.0 Å². The van der Waals surface area contributed by atoms with Gasteiger partial charge in [0.25, 0.3) is 17.7 Å². The van der Waals surface area contributed by atoms with Crippen LogP contribution < -0.4 is 10.6 Å². The van der Waals surface area contributed by atoms with Gasteiger partial charge in [-0.25, -0.2) is 4.98 Å². The van der Waals surface area contributed by atoms with Crippen LogP contribution in [0.25, 0.3) is 0 Å². The van der Waals surface area contributed by atoms with Crippen LogP contribution in [0.15, 0.2) is 30.7 Å². The number of benzene rings is 1. The second-order valence-corrected chi connectivity index (χ2v) is 6.91.